The zero-order valence-corrected chi connectivity index (χ0v) is 19.7. The van der Waals surface area contributed by atoms with Crippen LogP contribution in [0.1, 0.15) is 58.2 Å². The summed E-state index contributed by atoms with van der Waals surface area (Å²) in [4.78, 5) is 40.8. The van der Waals surface area contributed by atoms with E-state index in [1.54, 1.807) is 67.8 Å². The van der Waals surface area contributed by atoms with Crippen molar-refractivity contribution in [2.45, 2.75) is 37.8 Å². The molecule has 1 heterocycles. The van der Waals surface area contributed by atoms with Gasteiger partial charge in [0.15, 0.2) is 5.76 Å². The Morgan fingerprint density at radius 3 is 2.23 bits per heavy atom. The van der Waals surface area contributed by atoms with Crippen molar-refractivity contribution in [1.29, 1.82) is 0 Å². The first kappa shape index (κ1) is 24.1. The summed E-state index contributed by atoms with van der Waals surface area (Å²) in [5.74, 6) is -0.544. The van der Waals surface area contributed by atoms with Crippen LogP contribution in [0.2, 0.25) is 0 Å². The molecule has 1 saturated carbocycles. The number of esters is 1. The van der Waals surface area contributed by atoms with E-state index in [2.05, 4.69) is 5.32 Å². The number of hydrogen-bond acceptors (Lipinski definition) is 6. The molecule has 8 heteroatoms. The second-order valence-corrected chi connectivity index (χ2v) is 8.36. The molecule has 0 bridgehead atoms. The largest absolute Gasteiger partial charge is 0.497 e. The fourth-order valence-corrected chi connectivity index (χ4v) is 4.33. The first-order valence-corrected chi connectivity index (χ1v) is 11.5. The summed E-state index contributed by atoms with van der Waals surface area (Å²) < 4.78 is 15.5. The quantitative estimate of drug-likeness (QED) is 0.480. The van der Waals surface area contributed by atoms with Crippen LogP contribution in [0.15, 0.2) is 71.3 Å². The van der Waals surface area contributed by atoms with Crippen molar-refractivity contribution in [1.82, 2.24) is 5.32 Å². The molecule has 3 aromatic rings. The standard InChI is InChI=1S/C27H28N2O6/c1-33-22-15-11-18(12-16-22)24(25(30)28-20-6-3-4-7-20)29(26(31)23-8-5-17-35-23)21-13-9-19(10-14-21)27(32)34-2/h5,8-17,20,24H,3-4,6-7H2,1-2H3,(H,28,30)/t24-/m0/s1. The fraction of sp³-hybridized carbons (Fsp3) is 0.296. The van der Waals surface area contributed by atoms with E-state index >= 15 is 0 Å². The van der Waals surface area contributed by atoms with Gasteiger partial charge >= 0.3 is 5.97 Å². The summed E-state index contributed by atoms with van der Waals surface area (Å²) in [6.07, 6.45) is 5.33. The monoisotopic (exact) mass is 476 g/mol. The first-order chi connectivity index (χ1) is 17.0. The fourth-order valence-electron chi connectivity index (χ4n) is 4.33. The van der Waals surface area contributed by atoms with E-state index < -0.39 is 17.9 Å². The van der Waals surface area contributed by atoms with Gasteiger partial charge < -0.3 is 19.2 Å². The van der Waals surface area contributed by atoms with Gasteiger partial charge in [0, 0.05) is 11.7 Å². The number of benzene rings is 2. The van der Waals surface area contributed by atoms with E-state index in [1.165, 1.54) is 18.3 Å². The van der Waals surface area contributed by atoms with Crippen LogP contribution in [0, 0.1) is 0 Å². The normalized spacial score (nSPS) is 14.2. The minimum absolute atomic E-state index is 0.0607. The molecule has 0 aliphatic heterocycles. The minimum atomic E-state index is -0.983. The molecule has 4 rings (SSSR count). The van der Waals surface area contributed by atoms with Gasteiger partial charge in [-0.2, -0.15) is 0 Å². The molecule has 1 atom stereocenters. The van der Waals surface area contributed by atoms with E-state index in [1.807, 2.05) is 0 Å². The Hall–Kier alpha value is -4.07. The Balaban J connectivity index is 1.79. The van der Waals surface area contributed by atoms with Crippen molar-refractivity contribution >= 4 is 23.5 Å². The van der Waals surface area contributed by atoms with Crippen LogP contribution in [0.5, 0.6) is 5.75 Å². The Labute approximate surface area is 203 Å². The van der Waals surface area contributed by atoms with Crippen molar-refractivity contribution in [3.05, 3.63) is 83.8 Å². The average molecular weight is 477 g/mol. The number of hydrogen-bond donors (Lipinski definition) is 1. The number of carbonyl (C=O) groups excluding carboxylic acids is 3. The number of ether oxygens (including phenoxy) is 2. The van der Waals surface area contributed by atoms with Gasteiger partial charge in [-0.1, -0.05) is 25.0 Å². The van der Waals surface area contributed by atoms with Crippen molar-refractivity contribution in [3.8, 4) is 5.75 Å². The second-order valence-electron chi connectivity index (χ2n) is 8.36. The van der Waals surface area contributed by atoms with Gasteiger partial charge in [-0.15, -0.1) is 0 Å². The Bertz CT molecular complexity index is 1150. The molecule has 8 nitrogen and oxygen atoms in total. The summed E-state index contributed by atoms with van der Waals surface area (Å²) in [6, 6.07) is 15.6. The lowest BCUT2D eigenvalue weighted by Gasteiger charge is -2.32. The lowest BCUT2D eigenvalue weighted by atomic mass is 10.0. The maximum absolute atomic E-state index is 13.7. The third kappa shape index (κ3) is 5.37. The molecule has 0 spiro atoms. The number of carbonyl (C=O) groups is 3. The third-order valence-electron chi connectivity index (χ3n) is 6.16. The molecule has 2 aromatic carbocycles. The Morgan fingerprint density at radius 2 is 1.66 bits per heavy atom. The van der Waals surface area contributed by atoms with Gasteiger partial charge in [-0.3, -0.25) is 14.5 Å². The summed E-state index contributed by atoms with van der Waals surface area (Å²) in [5.41, 5.74) is 1.37. The third-order valence-corrected chi connectivity index (χ3v) is 6.16. The molecule has 1 fully saturated rings. The van der Waals surface area contributed by atoms with Gasteiger partial charge in [0.05, 0.1) is 26.0 Å². The van der Waals surface area contributed by atoms with Crippen molar-refractivity contribution in [3.63, 3.8) is 0 Å². The smallest absolute Gasteiger partial charge is 0.337 e. The highest BCUT2D eigenvalue weighted by Crippen LogP contribution is 2.32. The van der Waals surface area contributed by atoms with Crippen LogP contribution in [-0.2, 0) is 9.53 Å². The van der Waals surface area contributed by atoms with E-state index in [-0.39, 0.29) is 17.7 Å². The molecular formula is C27H28N2O6. The number of nitrogens with zero attached hydrogens (tertiary/aromatic N) is 1. The van der Waals surface area contributed by atoms with Crippen molar-refractivity contribution < 1.29 is 28.3 Å². The van der Waals surface area contributed by atoms with Crippen molar-refractivity contribution in [2.75, 3.05) is 19.1 Å². The highest BCUT2D eigenvalue weighted by Gasteiger charge is 2.36. The lowest BCUT2D eigenvalue weighted by molar-refractivity contribution is -0.123. The highest BCUT2D eigenvalue weighted by molar-refractivity contribution is 6.09. The molecule has 2 amide bonds. The molecule has 1 aromatic heterocycles. The van der Waals surface area contributed by atoms with Gasteiger partial charge in [0.25, 0.3) is 5.91 Å². The van der Waals surface area contributed by atoms with E-state index in [9.17, 15) is 14.4 Å². The summed E-state index contributed by atoms with van der Waals surface area (Å²) in [5, 5.41) is 3.13. The number of furan rings is 1. The molecular weight excluding hydrogens is 448 g/mol. The molecule has 0 saturated heterocycles. The van der Waals surface area contributed by atoms with Crippen LogP contribution in [-0.4, -0.2) is 38.0 Å². The predicted octanol–water partition coefficient (Wildman–Crippen LogP) is 4.52. The maximum Gasteiger partial charge on any atom is 0.337 e. The van der Waals surface area contributed by atoms with Crippen LogP contribution < -0.4 is 15.0 Å². The number of nitrogens with one attached hydrogen (secondary N) is 1. The van der Waals surface area contributed by atoms with E-state index in [0.29, 0.717) is 22.6 Å². The lowest BCUT2D eigenvalue weighted by Crippen LogP contribution is -2.46. The summed E-state index contributed by atoms with van der Waals surface area (Å²) >= 11 is 0. The van der Waals surface area contributed by atoms with Crippen molar-refractivity contribution in [2.24, 2.45) is 0 Å². The Kier molecular flexibility index (Phi) is 7.50. The zero-order valence-electron chi connectivity index (χ0n) is 19.7. The van der Waals surface area contributed by atoms with Crippen LogP contribution in [0.4, 0.5) is 5.69 Å². The second kappa shape index (κ2) is 10.9. The van der Waals surface area contributed by atoms with Crippen LogP contribution >= 0.6 is 0 Å². The number of anilines is 1. The van der Waals surface area contributed by atoms with Crippen LogP contribution in [0.25, 0.3) is 0 Å². The molecule has 1 aliphatic carbocycles. The summed E-state index contributed by atoms with van der Waals surface area (Å²) in [7, 11) is 2.87. The van der Waals surface area contributed by atoms with E-state index in [4.69, 9.17) is 13.9 Å². The molecule has 182 valence electrons. The maximum atomic E-state index is 13.7. The molecule has 0 radical (unpaired) electrons. The van der Waals surface area contributed by atoms with Crippen LogP contribution in [0.3, 0.4) is 0 Å². The van der Waals surface area contributed by atoms with E-state index in [0.717, 1.165) is 25.7 Å². The zero-order chi connectivity index (χ0) is 24.8. The molecule has 1 N–H and O–H groups in total. The van der Waals surface area contributed by atoms with Gasteiger partial charge in [0.2, 0.25) is 5.91 Å². The minimum Gasteiger partial charge on any atom is -0.497 e. The van der Waals surface area contributed by atoms with Gasteiger partial charge in [-0.05, 0) is 66.9 Å². The molecule has 1 aliphatic rings. The molecule has 35 heavy (non-hydrogen) atoms. The molecule has 0 unspecified atom stereocenters. The summed E-state index contributed by atoms with van der Waals surface area (Å²) in [6.45, 7) is 0. The highest BCUT2D eigenvalue weighted by atomic mass is 16.5. The topological polar surface area (TPSA) is 98.1 Å². The average Bonchev–Trinajstić information content (AvgIpc) is 3.61. The predicted molar refractivity (Wildman–Crippen MR) is 129 cm³/mol. The Morgan fingerprint density at radius 1 is 0.971 bits per heavy atom. The number of amides is 2. The number of methoxy groups -OCH3 is 2. The SMILES string of the molecule is COC(=O)c1ccc(N(C(=O)c2ccco2)[C@H](C(=O)NC2CCCC2)c2ccc(OC)cc2)cc1. The first-order valence-electron chi connectivity index (χ1n) is 11.5. The van der Waals surface area contributed by atoms with Gasteiger partial charge in [-0.25, -0.2) is 4.79 Å². The van der Waals surface area contributed by atoms with Gasteiger partial charge in [0.1, 0.15) is 11.8 Å². The number of rotatable bonds is 8.